The fraction of sp³-hybridized carbons (Fsp3) is 0.250. The first-order valence-electron chi connectivity index (χ1n) is 1.95. The quantitative estimate of drug-likeness (QED) is 0.491. The van der Waals surface area contributed by atoms with E-state index in [1.807, 2.05) is 0 Å². The summed E-state index contributed by atoms with van der Waals surface area (Å²) < 4.78 is 3.73. The Morgan fingerprint density at radius 2 is 2.11 bits per heavy atom. The highest BCUT2D eigenvalue weighted by atomic mass is 35.5. The minimum absolute atomic E-state index is 0.692. The van der Waals surface area contributed by atoms with Crippen molar-refractivity contribution in [3.8, 4) is 0 Å². The lowest BCUT2D eigenvalue weighted by molar-refractivity contribution is -0.128. The Bertz CT molecular complexity index is 121. The van der Waals surface area contributed by atoms with Crippen molar-refractivity contribution in [1.29, 1.82) is 0 Å². The summed E-state index contributed by atoms with van der Waals surface area (Å²) in [6, 6.07) is 0. The van der Waals surface area contributed by atoms with Crippen LogP contribution in [0, 0.1) is 0 Å². The van der Waals surface area contributed by atoms with Gasteiger partial charge >= 0.3 is 5.97 Å². The minimum Gasteiger partial charge on any atom is -0.344 e. The number of allylic oxidation sites excluding steroid dienone is 1. The molecule has 0 atom stereocenters. The van der Waals surface area contributed by atoms with Gasteiger partial charge in [-0.15, -0.1) is 23.2 Å². The van der Waals surface area contributed by atoms with Crippen molar-refractivity contribution in [2.75, 3.05) is 0 Å². The van der Waals surface area contributed by atoms with Crippen LogP contribution in [0.25, 0.3) is 0 Å². The van der Waals surface area contributed by atoms with Crippen LogP contribution < -0.4 is 0 Å². The Balaban J connectivity index is 3.57. The number of carbonyl (C=O) groups is 1. The Kier molecular flexibility index (Phi) is 4.96. The number of carbonyl (C=O) groups excluding carboxylic acids is 1. The van der Waals surface area contributed by atoms with E-state index < -0.39 is 10.8 Å². The molecule has 0 aliphatic rings. The van der Waals surface area contributed by atoms with Gasteiger partial charge in [-0.2, -0.15) is 0 Å². The molecular formula is C4H3Cl3O2. The number of rotatable bonds is 2. The minimum atomic E-state index is -0.708. The van der Waals surface area contributed by atoms with E-state index in [0.717, 1.165) is 6.08 Å². The second-order valence-corrected chi connectivity index (χ2v) is 2.41. The highest BCUT2D eigenvalue weighted by Gasteiger charge is 1.94. The summed E-state index contributed by atoms with van der Waals surface area (Å²) in [4.78, 5) is 9.45. The highest BCUT2D eigenvalue weighted by Crippen LogP contribution is 2.02. The maximum Gasteiger partial charge on any atom is 0.348 e. The average Bonchev–Trinajstić information content (AvgIpc) is 1.83. The van der Waals surface area contributed by atoms with Crippen molar-refractivity contribution in [2.24, 2.45) is 0 Å². The largest absolute Gasteiger partial charge is 0.348 e. The first-order valence-corrected chi connectivity index (χ1v) is 3.14. The monoisotopic (exact) mass is 188 g/mol. The maximum absolute atomic E-state index is 10.2. The van der Waals surface area contributed by atoms with Gasteiger partial charge in [0.15, 0.2) is 0 Å². The zero-order valence-electron chi connectivity index (χ0n) is 4.18. The van der Waals surface area contributed by atoms with Crippen molar-refractivity contribution >= 4 is 41.0 Å². The summed E-state index contributed by atoms with van der Waals surface area (Å²) in [6.07, 6.45) is 2.28. The molecule has 5 heteroatoms. The van der Waals surface area contributed by atoms with Gasteiger partial charge < -0.3 is 4.29 Å². The maximum atomic E-state index is 10.2. The first-order chi connectivity index (χ1) is 4.16. The molecule has 0 spiro atoms. The molecule has 0 aliphatic carbocycles. The summed E-state index contributed by atoms with van der Waals surface area (Å²) in [7, 11) is 0. The second kappa shape index (κ2) is 4.91. The van der Waals surface area contributed by atoms with Gasteiger partial charge in [0.05, 0.1) is 0 Å². The lowest BCUT2D eigenvalue weighted by Crippen LogP contribution is -1.90. The Morgan fingerprint density at radius 3 is 2.44 bits per heavy atom. The molecule has 0 aromatic carbocycles. The molecule has 0 heterocycles. The van der Waals surface area contributed by atoms with Crippen LogP contribution in [0.1, 0.15) is 0 Å². The summed E-state index contributed by atoms with van der Waals surface area (Å²) in [6.45, 7) is 0. The first kappa shape index (κ1) is 9.08. The van der Waals surface area contributed by atoms with Crippen LogP contribution in [0.5, 0.6) is 0 Å². The summed E-state index contributed by atoms with van der Waals surface area (Å²) >= 11 is 15.1. The number of alkyl halides is 2. The van der Waals surface area contributed by atoms with Crippen LogP contribution in [-0.4, -0.2) is 10.8 Å². The Morgan fingerprint density at radius 1 is 1.56 bits per heavy atom. The van der Waals surface area contributed by atoms with Crippen LogP contribution in [0.15, 0.2) is 12.2 Å². The smallest absolute Gasteiger partial charge is 0.344 e. The van der Waals surface area contributed by atoms with Crippen LogP contribution >= 0.6 is 35.1 Å². The van der Waals surface area contributed by atoms with Gasteiger partial charge in [0.1, 0.15) is 16.7 Å². The lowest BCUT2D eigenvalue weighted by Gasteiger charge is -1.86. The van der Waals surface area contributed by atoms with Crippen LogP contribution in [-0.2, 0) is 9.08 Å². The van der Waals surface area contributed by atoms with Gasteiger partial charge in [-0.25, -0.2) is 4.79 Å². The number of hydrogen-bond acceptors (Lipinski definition) is 2. The fourth-order valence-electron chi connectivity index (χ4n) is 0.177. The highest BCUT2D eigenvalue weighted by molar-refractivity contribution is 6.45. The SMILES string of the molecule is O=C(C=CC(Cl)Cl)OCl. The van der Waals surface area contributed by atoms with E-state index in [-0.39, 0.29) is 0 Å². The topological polar surface area (TPSA) is 26.3 Å². The van der Waals surface area contributed by atoms with Crippen molar-refractivity contribution < 1.29 is 9.08 Å². The average molecular weight is 189 g/mol. The van der Waals surface area contributed by atoms with E-state index in [1.54, 1.807) is 0 Å². The second-order valence-electron chi connectivity index (χ2n) is 1.09. The zero-order valence-corrected chi connectivity index (χ0v) is 6.45. The molecule has 0 aliphatic heterocycles. The standard InChI is InChI=1S/C4H3Cl3O2/c5-3(6)1-2-4(8)9-7/h1-3H. The molecule has 2 nitrogen and oxygen atoms in total. The molecule has 52 valence electrons. The molecule has 0 aromatic heterocycles. The third-order valence-electron chi connectivity index (χ3n) is 0.454. The van der Waals surface area contributed by atoms with Gasteiger partial charge in [0.25, 0.3) is 0 Å². The number of halogens is 3. The van der Waals surface area contributed by atoms with Gasteiger partial charge in [0, 0.05) is 6.08 Å². The van der Waals surface area contributed by atoms with Crippen molar-refractivity contribution in [2.45, 2.75) is 4.84 Å². The van der Waals surface area contributed by atoms with E-state index in [1.165, 1.54) is 6.08 Å². The molecular weight excluding hydrogens is 186 g/mol. The Hall–Kier alpha value is 0.0800. The van der Waals surface area contributed by atoms with E-state index in [9.17, 15) is 4.79 Å². The molecule has 0 aromatic rings. The molecule has 0 saturated heterocycles. The predicted octanol–water partition coefficient (Wildman–Crippen LogP) is 2.04. The third kappa shape index (κ3) is 5.96. The normalized spacial score (nSPS) is 10.7. The molecule has 0 rings (SSSR count). The Labute approximate surface area is 67.5 Å². The molecule has 0 N–H and O–H groups in total. The van der Waals surface area contributed by atoms with Crippen molar-refractivity contribution in [3.63, 3.8) is 0 Å². The van der Waals surface area contributed by atoms with Crippen molar-refractivity contribution in [3.05, 3.63) is 12.2 Å². The zero-order chi connectivity index (χ0) is 7.28. The molecule has 0 radical (unpaired) electrons. The molecule has 0 fully saturated rings. The molecule has 0 saturated carbocycles. The van der Waals surface area contributed by atoms with Gasteiger partial charge in [-0.05, 0) is 6.08 Å². The third-order valence-corrected chi connectivity index (χ3v) is 0.897. The van der Waals surface area contributed by atoms with Crippen molar-refractivity contribution in [1.82, 2.24) is 0 Å². The van der Waals surface area contributed by atoms with Crippen LogP contribution in [0.3, 0.4) is 0 Å². The molecule has 0 bridgehead atoms. The summed E-state index contributed by atoms with van der Waals surface area (Å²) in [5, 5.41) is 0. The summed E-state index contributed by atoms with van der Waals surface area (Å²) in [5.74, 6) is -0.692. The van der Waals surface area contributed by atoms with Gasteiger partial charge in [0.2, 0.25) is 0 Å². The van der Waals surface area contributed by atoms with E-state index in [0.29, 0.717) is 0 Å². The van der Waals surface area contributed by atoms with Crippen LogP contribution in [0.4, 0.5) is 0 Å². The van der Waals surface area contributed by atoms with Crippen LogP contribution in [0.2, 0.25) is 0 Å². The molecule has 0 amide bonds. The molecule has 9 heavy (non-hydrogen) atoms. The summed E-state index contributed by atoms with van der Waals surface area (Å²) in [5.41, 5.74) is 0. The molecule has 0 unspecified atom stereocenters. The van der Waals surface area contributed by atoms with Gasteiger partial charge in [-0.3, -0.25) is 0 Å². The fourth-order valence-corrected chi connectivity index (χ4v) is 0.374. The van der Waals surface area contributed by atoms with E-state index in [2.05, 4.69) is 16.2 Å². The predicted molar refractivity (Wildman–Crippen MR) is 36.6 cm³/mol. The van der Waals surface area contributed by atoms with Gasteiger partial charge in [-0.1, -0.05) is 0 Å². The van der Waals surface area contributed by atoms with E-state index >= 15 is 0 Å². The van der Waals surface area contributed by atoms with E-state index in [4.69, 9.17) is 23.2 Å². The lowest BCUT2D eigenvalue weighted by atomic mass is 10.5. The number of hydrogen-bond donors (Lipinski definition) is 0.